The Morgan fingerprint density at radius 2 is 1.46 bits per heavy atom. The second kappa shape index (κ2) is 21.3. The molecule has 3 N–H and O–H groups in total. The van der Waals surface area contributed by atoms with Crippen LogP contribution in [0.15, 0.2) is 35.2 Å². The standard InChI is InChI=1S/C36H50N2O18S/c1-18(35(46)49-13-14-57(47,48)25-11-9-8-10-12-25)37-34(45)20(3)52-26-15-29(44)54-28(17-51-23(6)42)32(26)56-36-31(38-21(4)40)33(53-24(7)43)30(19(2)39)27(55-36)16-50-22(5)41/h8-12,18,20,26-33,36,44H,13-17H2,1-7H3,(H,37,45)(H,38,40)/t18-,20+,26+,27+,28?,29+,30+,31?,32+,33?,36+/m0/s1. The third-order valence-corrected chi connectivity index (χ3v) is 10.4. The van der Waals surface area contributed by atoms with Crippen LogP contribution in [-0.2, 0) is 81.3 Å². The minimum atomic E-state index is -3.74. The number of carbonyl (C=O) groups is 7. The largest absolute Gasteiger partial charge is 0.463 e. The van der Waals surface area contributed by atoms with Gasteiger partial charge in [0, 0.05) is 34.1 Å². The Kier molecular flexibility index (Phi) is 17.5. The van der Waals surface area contributed by atoms with E-state index in [-0.39, 0.29) is 11.3 Å². The van der Waals surface area contributed by atoms with Crippen molar-refractivity contribution >= 4 is 51.3 Å². The van der Waals surface area contributed by atoms with E-state index in [1.165, 1.54) is 32.9 Å². The number of hydrogen-bond acceptors (Lipinski definition) is 18. The number of sulfone groups is 1. The van der Waals surface area contributed by atoms with E-state index < -0.39 is 144 Å². The molecular weight excluding hydrogens is 780 g/mol. The number of aliphatic hydroxyl groups is 1. The highest BCUT2D eigenvalue weighted by Gasteiger charge is 2.53. The molecule has 2 heterocycles. The molecule has 0 spiro atoms. The summed E-state index contributed by atoms with van der Waals surface area (Å²) >= 11 is 0. The molecule has 0 aromatic heterocycles. The topological polar surface area (TPSA) is 272 Å². The van der Waals surface area contributed by atoms with Gasteiger partial charge >= 0.3 is 23.9 Å². The summed E-state index contributed by atoms with van der Waals surface area (Å²) in [6.45, 7) is 6.78. The van der Waals surface area contributed by atoms with Gasteiger partial charge in [-0.05, 0) is 32.9 Å². The molecule has 1 aromatic rings. The molecule has 11 atom stereocenters. The van der Waals surface area contributed by atoms with Gasteiger partial charge in [-0.2, -0.15) is 0 Å². The molecule has 2 saturated heterocycles. The number of nitrogens with one attached hydrogen (secondary N) is 2. The summed E-state index contributed by atoms with van der Waals surface area (Å²) in [5.41, 5.74) is 0. The zero-order valence-corrected chi connectivity index (χ0v) is 33.4. The van der Waals surface area contributed by atoms with Gasteiger partial charge in [0.2, 0.25) is 11.8 Å². The lowest BCUT2D eigenvalue weighted by Gasteiger charge is -2.48. The molecule has 318 valence electrons. The lowest BCUT2D eigenvalue weighted by Crippen LogP contribution is -2.66. The molecule has 20 nitrogen and oxygen atoms in total. The fraction of sp³-hybridized carbons (Fsp3) is 0.639. The monoisotopic (exact) mass is 830 g/mol. The number of carbonyl (C=O) groups excluding carboxylic acids is 7. The molecule has 0 bridgehead atoms. The number of rotatable bonds is 18. The van der Waals surface area contributed by atoms with Gasteiger partial charge in [-0.15, -0.1) is 0 Å². The second-order valence-electron chi connectivity index (χ2n) is 13.4. The van der Waals surface area contributed by atoms with Crippen molar-refractivity contribution in [2.45, 2.75) is 121 Å². The van der Waals surface area contributed by atoms with Gasteiger partial charge in [-0.1, -0.05) is 18.2 Å². The number of ketones is 1. The fourth-order valence-corrected chi connectivity index (χ4v) is 7.26. The van der Waals surface area contributed by atoms with E-state index in [0.29, 0.717) is 0 Å². The normalized spacial score (nSPS) is 27.1. The van der Waals surface area contributed by atoms with Crippen LogP contribution < -0.4 is 10.6 Å². The van der Waals surface area contributed by atoms with E-state index in [9.17, 15) is 47.1 Å². The molecule has 3 rings (SSSR count). The van der Waals surface area contributed by atoms with Gasteiger partial charge in [0.15, 0.2) is 22.4 Å². The van der Waals surface area contributed by atoms with Crippen LogP contribution in [0, 0.1) is 5.92 Å². The number of hydrogen-bond donors (Lipinski definition) is 3. The smallest absolute Gasteiger partial charge is 0.328 e. The summed E-state index contributed by atoms with van der Waals surface area (Å²) in [5.74, 6) is -7.00. The van der Waals surface area contributed by atoms with Crippen molar-refractivity contribution in [2.24, 2.45) is 5.92 Å². The first kappa shape index (κ1) is 46.8. The van der Waals surface area contributed by atoms with Gasteiger partial charge in [0.1, 0.15) is 68.2 Å². The third kappa shape index (κ3) is 14.1. The van der Waals surface area contributed by atoms with Crippen LogP contribution in [0.1, 0.15) is 54.9 Å². The van der Waals surface area contributed by atoms with Crippen molar-refractivity contribution < 1.29 is 85.0 Å². The molecule has 0 saturated carbocycles. The summed E-state index contributed by atoms with van der Waals surface area (Å²) in [6.07, 6.45) is -11.6. The summed E-state index contributed by atoms with van der Waals surface area (Å²) < 4.78 is 70.1. The average molecular weight is 831 g/mol. The Hall–Kier alpha value is -4.54. The minimum Gasteiger partial charge on any atom is -0.463 e. The van der Waals surface area contributed by atoms with Gasteiger partial charge in [-0.3, -0.25) is 28.8 Å². The average Bonchev–Trinajstić information content (AvgIpc) is 3.11. The highest BCUT2D eigenvalue weighted by atomic mass is 32.2. The van der Waals surface area contributed by atoms with Crippen molar-refractivity contribution in [3.63, 3.8) is 0 Å². The van der Waals surface area contributed by atoms with Gasteiger partial charge in [0.25, 0.3) is 0 Å². The van der Waals surface area contributed by atoms with E-state index in [1.807, 2.05) is 0 Å². The Morgan fingerprint density at radius 1 is 0.842 bits per heavy atom. The fourth-order valence-electron chi connectivity index (χ4n) is 6.15. The zero-order chi connectivity index (χ0) is 42.6. The van der Waals surface area contributed by atoms with Gasteiger partial charge in [0.05, 0.1) is 22.7 Å². The van der Waals surface area contributed by atoms with Crippen molar-refractivity contribution in [1.82, 2.24) is 10.6 Å². The minimum absolute atomic E-state index is 0.0518. The Balaban J connectivity index is 1.85. The van der Waals surface area contributed by atoms with E-state index in [2.05, 4.69) is 10.6 Å². The molecule has 3 unspecified atom stereocenters. The number of aliphatic hydroxyl groups excluding tert-OH is 1. The van der Waals surface area contributed by atoms with Gasteiger partial charge in [-0.25, -0.2) is 13.2 Å². The molecule has 2 aliphatic rings. The Labute approximate surface area is 329 Å². The second-order valence-corrected chi connectivity index (χ2v) is 15.5. The maximum atomic E-state index is 13.3. The quantitative estimate of drug-likeness (QED) is 0.121. The lowest BCUT2D eigenvalue weighted by atomic mass is 9.84. The Bertz CT molecular complexity index is 1710. The molecule has 2 amide bonds. The molecule has 2 fully saturated rings. The highest BCUT2D eigenvalue weighted by molar-refractivity contribution is 7.91. The van der Waals surface area contributed by atoms with Crippen LogP contribution in [0.25, 0.3) is 0 Å². The number of amides is 2. The first-order valence-electron chi connectivity index (χ1n) is 18.0. The van der Waals surface area contributed by atoms with Crippen LogP contribution in [0.4, 0.5) is 0 Å². The first-order chi connectivity index (χ1) is 26.7. The van der Waals surface area contributed by atoms with E-state index in [0.717, 1.165) is 27.7 Å². The third-order valence-electron chi connectivity index (χ3n) is 8.70. The maximum Gasteiger partial charge on any atom is 0.328 e. The van der Waals surface area contributed by atoms with Crippen LogP contribution >= 0.6 is 0 Å². The van der Waals surface area contributed by atoms with E-state index in [1.54, 1.807) is 18.2 Å². The molecular formula is C36H50N2O18S. The molecule has 0 aliphatic carbocycles. The van der Waals surface area contributed by atoms with Crippen molar-refractivity contribution in [1.29, 1.82) is 0 Å². The Morgan fingerprint density at radius 3 is 2.02 bits per heavy atom. The number of esters is 4. The number of ether oxygens (including phenoxy) is 8. The predicted molar refractivity (Wildman–Crippen MR) is 191 cm³/mol. The summed E-state index contributed by atoms with van der Waals surface area (Å²) in [6, 6.07) is 4.92. The SMILES string of the molecule is CC(=O)NC1C(OC(C)=O)[C@H](C(C)=O)[C@@H](COC(C)=O)O[C@@H]1O[C@H]1C(COC(C)=O)O[C@@H](O)C[C@H]1O[C@H](C)C(=O)N[C@@H](C)C(=O)OCCS(=O)(=O)c1ccccc1. The maximum absolute atomic E-state index is 13.3. The first-order valence-corrected chi connectivity index (χ1v) is 19.6. The predicted octanol–water partition coefficient (Wildman–Crippen LogP) is -0.733. The van der Waals surface area contributed by atoms with Crippen molar-refractivity contribution in [3.05, 3.63) is 30.3 Å². The van der Waals surface area contributed by atoms with Crippen LogP contribution in [0.3, 0.4) is 0 Å². The van der Waals surface area contributed by atoms with E-state index >= 15 is 0 Å². The lowest BCUT2D eigenvalue weighted by molar-refractivity contribution is -0.322. The molecule has 2 aliphatic heterocycles. The zero-order valence-electron chi connectivity index (χ0n) is 32.6. The van der Waals surface area contributed by atoms with E-state index in [4.69, 9.17) is 37.9 Å². The summed E-state index contributed by atoms with van der Waals surface area (Å²) in [5, 5.41) is 15.7. The molecule has 0 radical (unpaired) electrons. The summed E-state index contributed by atoms with van der Waals surface area (Å²) in [7, 11) is -3.74. The summed E-state index contributed by atoms with van der Waals surface area (Å²) in [4.78, 5) is 87.3. The van der Waals surface area contributed by atoms with Crippen molar-refractivity contribution in [3.8, 4) is 0 Å². The van der Waals surface area contributed by atoms with Gasteiger partial charge < -0.3 is 53.6 Å². The van der Waals surface area contributed by atoms with Crippen molar-refractivity contribution in [2.75, 3.05) is 25.6 Å². The van der Waals surface area contributed by atoms with Crippen LogP contribution in [-0.4, -0.2) is 142 Å². The van der Waals surface area contributed by atoms with Crippen LogP contribution in [0.2, 0.25) is 0 Å². The number of benzene rings is 1. The van der Waals surface area contributed by atoms with Crippen LogP contribution in [0.5, 0.6) is 0 Å². The highest BCUT2D eigenvalue weighted by Crippen LogP contribution is 2.34. The number of Topliss-reactive ketones (excluding diaryl/α,β-unsaturated/α-hetero) is 1. The molecule has 57 heavy (non-hydrogen) atoms. The molecule has 1 aromatic carbocycles. The molecule has 21 heteroatoms.